The van der Waals surface area contributed by atoms with Crippen LogP contribution in [0.3, 0.4) is 0 Å². The Bertz CT molecular complexity index is 528. The molecule has 0 aromatic heterocycles. The third-order valence-electron chi connectivity index (χ3n) is 4.55. The van der Waals surface area contributed by atoms with Crippen LogP contribution in [-0.2, 0) is 0 Å². The monoisotopic (exact) mass is 291 g/mol. The van der Waals surface area contributed by atoms with Gasteiger partial charge in [-0.3, -0.25) is 9.69 Å². The molecule has 0 aliphatic carbocycles. The van der Waals surface area contributed by atoms with E-state index in [1.807, 2.05) is 11.8 Å². The molecule has 2 aliphatic rings. The number of likely N-dealkylation sites (tertiary alicyclic amines) is 1. The van der Waals surface area contributed by atoms with E-state index in [0.717, 1.165) is 51.3 Å². The molecule has 1 N–H and O–H groups in total. The van der Waals surface area contributed by atoms with Crippen LogP contribution in [-0.4, -0.2) is 61.0 Å². The molecule has 0 spiro atoms. The Morgan fingerprint density at radius 1 is 1.29 bits per heavy atom. The van der Waals surface area contributed by atoms with Crippen molar-refractivity contribution in [3.05, 3.63) is 35.1 Å². The summed E-state index contributed by atoms with van der Waals surface area (Å²) >= 11 is 0. The topological polar surface area (TPSA) is 35.6 Å². The summed E-state index contributed by atoms with van der Waals surface area (Å²) in [6, 6.07) is 4.88. The first kappa shape index (κ1) is 14.5. The lowest BCUT2D eigenvalue weighted by Crippen LogP contribution is -2.49. The molecule has 1 unspecified atom stereocenters. The summed E-state index contributed by atoms with van der Waals surface area (Å²) in [5.41, 5.74) is 1.34. The minimum Gasteiger partial charge on any atom is -0.337 e. The fraction of sp³-hybridized carbons (Fsp3) is 0.562. The van der Waals surface area contributed by atoms with Gasteiger partial charge < -0.3 is 10.2 Å². The van der Waals surface area contributed by atoms with Gasteiger partial charge in [-0.05, 0) is 31.0 Å². The van der Waals surface area contributed by atoms with E-state index in [1.54, 1.807) is 6.07 Å². The highest BCUT2D eigenvalue weighted by atomic mass is 19.1. The van der Waals surface area contributed by atoms with E-state index in [-0.39, 0.29) is 11.7 Å². The molecule has 2 aliphatic heterocycles. The van der Waals surface area contributed by atoms with Gasteiger partial charge in [-0.2, -0.15) is 0 Å². The van der Waals surface area contributed by atoms with Gasteiger partial charge in [0, 0.05) is 50.9 Å². The second-order valence-corrected chi connectivity index (χ2v) is 5.94. The number of carbonyl (C=O) groups is 1. The molecule has 5 heteroatoms. The van der Waals surface area contributed by atoms with E-state index in [1.165, 1.54) is 12.1 Å². The van der Waals surface area contributed by atoms with Crippen LogP contribution in [0.15, 0.2) is 18.2 Å². The smallest absolute Gasteiger partial charge is 0.254 e. The highest BCUT2D eigenvalue weighted by Crippen LogP contribution is 2.20. The number of hydrogen-bond donors (Lipinski definition) is 1. The van der Waals surface area contributed by atoms with Gasteiger partial charge in [0.1, 0.15) is 5.82 Å². The Hall–Kier alpha value is -1.46. The zero-order valence-electron chi connectivity index (χ0n) is 12.4. The number of benzene rings is 1. The summed E-state index contributed by atoms with van der Waals surface area (Å²) in [5.74, 6) is -0.383. The molecule has 3 rings (SSSR count). The van der Waals surface area contributed by atoms with Crippen molar-refractivity contribution in [2.24, 2.45) is 0 Å². The molecule has 0 saturated carbocycles. The first-order valence-electron chi connectivity index (χ1n) is 7.65. The standard InChI is InChI=1S/C16H22FN3O/c1-12-2-3-13(17)10-15(12)16(21)20-7-4-14(11-20)19-8-5-18-6-9-19/h2-3,10,14,18H,4-9,11H2,1H3. The first-order chi connectivity index (χ1) is 10.1. The van der Waals surface area contributed by atoms with E-state index in [2.05, 4.69) is 10.2 Å². The zero-order chi connectivity index (χ0) is 14.8. The quantitative estimate of drug-likeness (QED) is 0.891. The summed E-state index contributed by atoms with van der Waals surface area (Å²) in [4.78, 5) is 16.9. The van der Waals surface area contributed by atoms with Crippen LogP contribution in [0.25, 0.3) is 0 Å². The number of halogens is 1. The minimum atomic E-state index is -0.346. The lowest BCUT2D eigenvalue weighted by Gasteiger charge is -2.32. The Morgan fingerprint density at radius 2 is 2.05 bits per heavy atom. The number of nitrogens with zero attached hydrogens (tertiary/aromatic N) is 2. The molecule has 21 heavy (non-hydrogen) atoms. The van der Waals surface area contributed by atoms with Crippen molar-refractivity contribution in [2.75, 3.05) is 39.3 Å². The molecule has 4 nitrogen and oxygen atoms in total. The molecule has 2 fully saturated rings. The molecule has 1 aromatic rings. The fourth-order valence-corrected chi connectivity index (χ4v) is 3.27. The van der Waals surface area contributed by atoms with Gasteiger partial charge in [-0.15, -0.1) is 0 Å². The Morgan fingerprint density at radius 3 is 2.81 bits per heavy atom. The first-order valence-corrected chi connectivity index (χ1v) is 7.65. The largest absolute Gasteiger partial charge is 0.337 e. The van der Waals surface area contributed by atoms with Gasteiger partial charge in [0.25, 0.3) is 5.91 Å². The van der Waals surface area contributed by atoms with Crippen molar-refractivity contribution in [1.29, 1.82) is 0 Å². The summed E-state index contributed by atoms with van der Waals surface area (Å²) in [5, 5.41) is 3.35. The molecule has 0 radical (unpaired) electrons. The number of amides is 1. The average Bonchev–Trinajstić information content (AvgIpc) is 3.00. The van der Waals surface area contributed by atoms with Crippen LogP contribution in [0.1, 0.15) is 22.3 Å². The highest BCUT2D eigenvalue weighted by Gasteiger charge is 2.31. The van der Waals surface area contributed by atoms with E-state index in [0.29, 0.717) is 11.6 Å². The van der Waals surface area contributed by atoms with Gasteiger partial charge in [-0.1, -0.05) is 6.07 Å². The van der Waals surface area contributed by atoms with Crippen LogP contribution >= 0.6 is 0 Å². The van der Waals surface area contributed by atoms with Crippen LogP contribution < -0.4 is 5.32 Å². The molecule has 0 bridgehead atoms. The van der Waals surface area contributed by atoms with Gasteiger partial charge in [0.05, 0.1) is 0 Å². The third-order valence-corrected chi connectivity index (χ3v) is 4.55. The normalized spacial score (nSPS) is 23.5. The molecule has 2 saturated heterocycles. The zero-order valence-corrected chi connectivity index (χ0v) is 12.4. The molecule has 1 atom stereocenters. The molecule has 2 heterocycles. The number of rotatable bonds is 2. The lowest BCUT2D eigenvalue weighted by atomic mass is 10.1. The van der Waals surface area contributed by atoms with Gasteiger partial charge in [0.2, 0.25) is 0 Å². The van der Waals surface area contributed by atoms with E-state index >= 15 is 0 Å². The highest BCUT2D eigenvalue weighted by molar-refractivity contribution is 5.95. The van der Waals surface area contributed by atoms with Crippen molar-refractivity contribution in [1.82, 2.24) is 15.1 Å². The predicted molar refractivity (Wildman–Crippen MR) is 79.9 cm³/mol. The van der Waals surface area contributed by atoms with E-state index in [4.69, 9.17) is 0 Å². The van der Waals surface area contributed by atoms with E-state index in [9.17, 15) is 9.18 Å². The Balaban J connectivity index is 1.67. The molecule has 1 aromatic carbocycles. The summed E-state index contributed by atoms with van der Waals surface area (Å²) in [7, 11) is 0. The second-order valence-electron chi connectivity index (χ2n) is 5.94. The van der Waals surface area contributed by atoms with Gasteiger partial charge in [-0.25, -0.2) is 4.39 Å². The van der Waals surface area contributed by atoms with Crippen molar-refractivity contribution < 1.29 is 9.18 Å². The minimum absolute atomic E-state index is 0.0374. The number of aryl methyl sites for hydroxylation is 1. The SMILES string of the molecule is Cc1ccc(F)cc1C(=O)N1CCC(N2CCNCC2)C1. The molecular formula is C16H22FN3O. The second kappa shape index (κ2) is 6.12. The van der Waals surface area contributed by atoms with Gasteiger partial charge >= 0.3 is 0 Å². The van der Waals surface area contributed by atoms with Crippen LogP contribution in [0, 0.1) is 12.7 Å². The number of carbonyl (C=O) groups excluding carboxylic acids is 1. The third kappa shape index (κ3) is 3.09. The lowest BCUT2D eigenvalue weighted by molar-refractivity contribution is 0.0772. The van der Waals surface area contributed by atoms with E-state index < -0.39 is 0 Å². The van der Waals surface area contributed by atoms with Gasteiger partial charge in [0.15, 0.2) is 0 Å². The fourth-order valence-electron chi connectivity index (χ4n) is 3.27. The number of hydrogen-bond acceptors (Lipinski definition) is 3. The Kier molecular flexibility index (Phi) is 4.22. The summed E-state index contributed by atoms with van der Waals surface area (Å²) in [6.45, 7) is 7.52. The van der Waals surface area contributed by atoms with Crippen molar-refractivity contribution >= 4 is 5.91 Å². The van der Waals surface area contributed by atoms with Crippen molar-refractivity contribution in [3.63, 3.8) is 0 Å². The molecular weight excluding hydrogens is 269 g/mol. The maximum atomic E-state index is 13.4. The maximum absolute atomic E-state index is 13.4. The molecule has 114 valence electrons. The maximum Gasteiger partial charge on any atom is 0.254 e. The molecule has 1 amide bonds. The van der Waals surface area contributed by atoms with Crippen LogP contribution in [0.4, 0.5) is 4.39 Å². The predicted octanol–water partition coefficient (Wildman–Crippen LogP) is 1.25. The summed E-state index contributed by atoms with van der Waals surface area (Å²) in [6.07, 6.45) is 1.01. The van der Waals surface area contributed by atoms with Crippen molar-refractivity contribution in [3.8, 4) is 0 Å². The Labute approximate surface area is 124 Å². The van der Waals surface area contributed by atoms with Crippen molar-refractivity contribution in [2.45, 2.75) is 19.4 Å². The summed E-state index contributed by atoms with van der Waals surface area (Å²) < 4.78 is 13.4. The number of piperazine rings is 1. The van der Waals surface area contributed by atoms with Crippen LogP contribution in [0.2, 0.25) is 0 Å². The van der Waals surface area contributed by atoms with Crippen LogP contribution in [0.5, 0.6) is 0 Å². The average molecular weight is 291 g/mol. The number of nitrogens with one attached hydrogen (secondary N) is 1.